The summed E-state index contributed by atoms with van der Waals surface area (Å²) in [5.74, 6) is -0.143. The summed E-state index contributed by atoms with van der Waals surface area (Å²) in [6.07, 6.45) is 1.01. The first kappa shape index (κ1) is 14.0. The number of anilines is 1. The normalized spacial score (nSPS) is 11.6. The Morgan fingerprint density at radius 1 is 1.35 bits per heavy atom. The van der Waals surface area contributed by atoms with Crippen LogP contribution < -0.4 is 10.2 Å². The second-order valence-corrected chi connectivity index (χ2v) is 4.99. The van der Waals surface area contributed by atoms with E-state index >= 15 is 0 Å². The van der Waals surface area contributed by atoms with E-state index in [-0.39, 0.29) is 11.4 Å². The molecule has 1 aromatic carbocycles. The summed E-state index contributed by atoms with van der Waals surface area (Å²) >= 11 is 0. The fraction of sp³-hybridized carbons (Fsp3) is 0.571. The summed E-state index contributed by atoms with van der Waals surface area (Å²) in [6, 6.07) is 5.27. The average Bonchev–Trinajstić information content (AvgIpc) is 2.31. The third-order valence-corrected chi connectivity index (χ3v) is 3.58. The lowest BCUT2D eigenvalue weighted by Gasteiger charge is -2.38. The summed E-state index contributed by atoms with van der Waals surface area (Å²) in [5, 5.41) is 3.02. The Labute approximate surface area is 104 Å². The van der Waals surface area contributed by atoms with Crippen LogP contribution in [0.15, 0.2) is 18.2 Å². The van der Waals surface area contributed by atoms with Crippen molar-refractivity contribution in [1.82, 2.24) is 5.32 Å². The molecule has 1 rings (SSSR count). The molecule has 0 aliphatic rings. The molecule has 0 saturated heterocycles. The van der Waals surface area contributed by atoms with Crippen LogP contribution in [-0.4, -0.2) is 19.6 Å². The lowest BCUT2D eigenvalue weighted by Crippen LogP contribution is -2.41. The van der Waals surface area contributed by atoms with Crippen molar-refractivity contribution in [2.75, 3.05) is 19.0 Å². The monoisotopic (exact) mass is 238 g/mol. The fourth-order valence-corrected chi connectivity index (χ4v) is 1.78. The number of hydrogen-bond donors (Lipinski definition) is 1. The predicted octanol–water partition coefficient (Wildman–Crippen LogP) is 3.17. The van der Waals surface area contributed by atoms with E-state index in [9.17, 15) is 4.39 Å². The van der Waals surface area contributed by atoms with Crippen molar-refractivity contribution >= 4 is 5.69 Å². The molecule has 0 amide bonds. The molecule has 0 aliphatic heterocycles. The van der Waals surface area contributed by atoms with Crippen LogP contribution in [-0.2, 0) is 6.54 Å². The minimum atomic E-state index is -0.143. The highest BCUT2D eigenvalue weighted by Gasteiger charge is 2.24. The van der Waals surface area contributed by atoms with E-state index < -0.39 is 0 Å². The minimum Gasteiger partial charge on any atom is -0.369 e. The third-order valence-electron chi connectivity index (χ3n) is 3.58. The first-order chi connectivity index (χ1) is 7.94. The van der Waals surface area contributed by atoms with Gasteiger partial charge in [0.15, 0.2) is 0 Å². The summed E-state index contributed by atoms with van der Waals surface area (Å²) in [4.78, 5) is 2.16. The Morgan fingerprint density at radius 3 is 2.53 bits per heavy atom. The van der Waals surface area contributed by atoms with E-state index in [1.807, 2.05) is 20.2 Å². The van der Waals surface area contributed by atoms with Crippen molar-refractivity contribution in [1.29, 1.82) is 0 Å². The van der Waals surface area contributed by atoms with Gasteiger partial charge in [0.25, 0.3) is 0 Å². The minimum absolute atomic E-state index is 0.0241. The number of rotatable bonds is 5. The molecule has 0 aromatic heterocycles. The van der Waals surface area contributed by atoms with Crippen LogP contribution in [0.5, 0.6) is 0 Å². The standard InChI is InChI=1S/C14H23FN2/c1-6-14(2,3)17(5)13-9-7-8-12(15)11(13)10-16-4/h7-9,16H,6,10H2,1-5H3. The molecule has 0 heterocycles. The average molecular weight is 238 g/mol. The zero-order valence-electron chi connectivity index (χ0n) is 11.5. The lowest BCUT2D eigenvalue weighted by atomic mass is 9.98. The molecule has 0 saturated carbocycles. The quantitative estimate of drug-likeness (QED) is 0.847. The molecule has 17 heavy (non-hydrogen) atoms. The van der Waals surface area contributed by atoms with Crippen LogP contribution in [0.4, 0.5) is 10.1 Å². The highest BCUT2D eigenvalue weighted by molar-refractivity contribution is 5.55. The topological polar surface area (TPSA) is 15.3 Å². The molecule has 1 N–H and O–H groups in total. The highest BCUT2D eigenvalue weighted by Crippen LogP contribution is 2.29. The Balaban J connectivity index is 3.17. The largest absolute Gasteiger partial charge is 0.369 e. The number of hydrogen-bond acceptors (Lipinski definition) is 2. The number of nitrogens with zero attached hydrogens (tertiary/aromatic N) is 1. The third kappa shape index (κ3) is 2.97. The molecular weight excluding hydrogens is 215 g/mol. The Morgan fingerprint density at radius 2 is 2.00 bits per heavy atom. The van der Waals surface area contributed by atoms with Crippen LogP contribution in [0.3, 0.4) is 0 Å². The molecule has 3 heteroatoms. The molecule has 96 valence electrons. The van der Waals surface area contributed by atoms with Gasteiger partial charge in [0.05, 0.1) is 0 Å². The maximum Gasteiger partial charge on any atom is 0.129 e. The van der Waals surface area contributed by atoms with Gasteiger partial charge in [-0.05, 0) is 39.4 Å². The summed E-state index contributed by atoms with van der Waals surface area (Å²) < 4.78 is 13.8. The summed E-state index contributed by atoms with van der Waals surface area (Å²) in [6.45, 7) is 7.03. The van der Waals surface area contributed by atoms with Crippen molar-refractivity contribution in [3.8, 4) is 0 Å². The molecular formula is C14H23FN2. The van der Waals surface area contributed by atoms with E-state index in [2.05, 4.69) is 31.0 Å². The van der Waals surface area contributed by atoms with Crippen LogP contribution in [0.2, 0.25) is 0 Å². The number of nitrogens with one attached hydrogen (secondary N) is 1. The van der Waals surface area contributed by atoms with Gasteiger partial charge < -0.3 is 10.2 Å². The van der Waals surface area contributed by atoms with E-state index in [1.54, 1.807) is 6.07 Å². The fourth-order valence-electron chi connectivity index (χ4n) is 1.78. The molecule has 1 aromatic rings. The maximum absolute atomic E-state index is 13.8. The number of benzene rings is 1. The van der Waals surface area contributed by atoms with Crippen LogP contribution in [0.25, 0.3) is 0 Å². The van der Waals surface area contributed by atoms with Gasteiger partial charge in [-0.2, -0.15) is 0 Å². The molecule has 2 nitrogen and oxygen atoms in total. The molecule has 0 radical (unpaired) electrons. The highest BCUT2D eigenvalue weighted by atomic mass is 19.1. The number of halogens is 1. The molecule has 0 aliphatic carbocycles. The second kappa shape index (κ2) is 5.50. The SMILES string of the molecule is CCC(C)(C)N(C)c1cccc(F)c1CNC. The first-order valence-electron chi connectivity index (χ1n) is 6.10. The Kier molecular flexibility index (Phi) is 4.52. The van der Waals surface area contributed by atoms with Crippen LogP contribution in [0.1, 0.15) is 32.8 Å². The first-order valence-corrected chi connectivity index (χ1v) is 6.10. The maximum atomic E-state index is 13.8. The Bertz CT molecular complexity index is 374. The van der Waals surface area contributed by atoms with E-state index in [1.165, 1.54) is 6.07 Å². The van der Waals surface area contributed by atoms with Gasteiger partial charge in [0, 0.05) is 30.4 Å². The molecule has 0 fully saturated rings. The van der Waals surface area contributed by atoms with Gasteiger partial charge in [-0.15, -0.1) is 0 Å². The van der Waals surface area contributed by atoms with Crippen LogP contribution in [0, 0.1) is 5.82 Å². The molecule has 0 spiro atoms. The summed E-state index contributed by atoms with van der Waals surface area (Å²) in [5.41, 5.74) is 1.72. The van der Waals surface area contributed by atoms with Gasteiger partial charge in [-0.25, -0.2) is 4.39 Å². The van der Waals surface area contributed by atoms with Crippen molar-refractivity contribution in [2.45, 2.75) is 39.3 Å². The molecule has 0 atom stereocenters. The van der Waals surface area contributed by atoms with Gasteiger partial charge >= 0.3 is 0 Å². The van der Waals surface area contributed by atoms with Crippen molar-refractivity contribution in [3.05, 3.63) is 29.6 Å². The predicted molar refractivity (Wildman–Crippen MR) is 71.9 cm³/mol. The van der Waals surface area contributed by atoms with Gasteiger partial charge in [0.2, 0.25) is 0 Å². The van der Waals surface area contributed by atoms with Gasteiger partial charge in [0.1, 0.15) is 5.82 Å². The van der Waals surface area contributed by atoms with Crippen molar-refractivity contribution in [3.63, 3.8) is 0 Å². The molecule has 0 bridgehead atoms. The van der Waals surface area contributed by atoms with Crippen molar-refractivity contribution in [2.24, 2.45) is 0 Å². The van der Waals surface area contributed by atoms with Gasteiger partial charge in [-0.1, -0.05) is 13.0 Å². The van der Waals surface area contributed by atoms with Gasteiger partial charge in [-0.3, -0.25) is 0 Å². The Hall–Kier alpha value is -1.09. The zero-order chi connectivity index (χ0) is 13.1. The zero-order valence-corrected chi connectivity index (χ0v) is 11.5. The molecule has 0 unspecified atom stereocenters. The van der Waals surface area contributed by atoms with Crippen molar-refractivity contribution < 1.29 is 4.39 Å². The lowest BCUT2D eigenvalue weighted by molar-refractivity contribution is 0.467. The van der Waals surface area contributed by atoms with E-state index in [0.717, 1.165) is 17.7 Å². The smallest absolute Gasteiger partial charge is 0.129 e. The van der Waals surface area contributed by atoms with Crippen LogP contribution >= 0.6 is 0 Å². The second-order valence-electron chi connectivity index (χ2n) is 4.99. The van der Waals surface area contributed by atoms with E-state index in [4.69, 9.17) is 0 Å². The summed E-state index contributed by atoms with van der Waals surface area (Å²) in [7, 11) is 3.86. The van der Waals surface area contributed by atoms with E-state index in [0.29, 0.717) is 6.54 Å².